The fourth-order valence-electron chi connectivity index (χ4n) is 4.52. The van der Waals surface area contributed by atoms with Crippen LogP contribution in [0.4, 0.5) is 10.1 Å². The molecule has 1 heterocycles. The summed E-state index contributed by atoms with van der Waals surface area (Å²) >= 11 is 1.83. The molecular formula is C31H43FN2O2S. The normalized spacial score (nSPS) is 13.1. The summed E-state index contributed by atoms with van der Waals surface area (Å²) in [6, 6.07) is 12.7. The van der Waals surface area contributed by atoms with E-state index in [0.717, 1.165) is 36.5 Å². The third-order valence-electron chi connectivity index (χ3n) is 6.54. The van der Waals surface area contributed by atoms with E-state index in [1.807, 2.05) is 30.0 Å². The molecule has 0 saturated carbocycles. The molecule has 1 aliphatic heterocycles. The molecule has 0 fully saturated rings. The molecule has 1 amide bonds. The van der Waals surface area contributed by atoms with Crippen molar-refractivity contribution in [2.75, 3.05) is 17.8 Å². The van der Waals surface area contributed by atoms with E-state index < -0.39 is 5.82 Å². The Bertz CT molecular complexity index is 1010. The number of hydrogen-bond acceptors (Lipinski definition) is 4. The molecule has 2 aromatic rings. The van der Waals surface area contributed by atoms with Crippen molar-refractivity contribution in [2.24, 2.45) is 0 Å². The summed E-state index contributed by atoms with van der Waals surface area (Å²) in [4.78, 5) is 16.1. The number of thioether (sulfide) groups is 1. The van der Waals surface area contributed by atoms with Crippen molar-refractivity contribution in [3.8, 4) is 5.75 Å². The molecule has 0 saturated heterocycles. The van der Waals surface area contributed by atoms with Gasteiger partial charge in [0.25, 0.3) is 0 Å². The summed E-state index contributed by atoms with van der Waals surface area (Å²) in [7, 11) is 0. The molecule has 0 aromatic heterocycles. The summed E-state index contributed by atoms with van der Waals surface area (Å²) in [5.41, 5.74) is 2.53. The minimum atomic E-state index is -0.411. The van der Waals surface area contributed by atoms with Crippen LogP contribution in [0.15, 0.2) is 53.6 Å². The van der Waals surface area contributed by atoms with Crippen LogP contribution >= 0.6 is 11.8 Å². The van der Waals surface area contributed by atoms with Crippen molar-refractivity contribution in [1.82, 2.24) is 4.90 Å². The third kappa shape index (κ3) is 11.2. The molecule has 202 valence electrons. The second kappa shape index (κ2) is 16.4. The monoisotopic (exact) mass is 526 g/mol. The van der Waals surface area contributed by atoms with Crippen LogP contribution in [0.5, 0.6) is 5.75 Å². The molecule has 0 bridgehead atoms. The zero-order chi connectivity index (χ0) is 26.3. The zero-order valence-electron chi connectivity index (χ0n) is 22.6. The zero-order valence-corrected chi connectivity index (χ0v) is 23.4. The van der Waals surface area contributed by atoms with Gasteiger partial charge >= 0.3 is 0 Å². The Balaban J connectivity index is 1.34. The predicted octanol–water partition coefficient (Wildman–Crippen LogP) is 8.67. The van der Waals surface area contributed by atoms with Gasteiger partial charge in [-0.25, -0.2) is 4.39 Å². The molecule has 2 aromatic carbocycles. The number of carbonyl (C=O) groups is 1. The second-order valence-electron chi connectivity index (χ2n) is 9.98. The Hall–Kier alpha value is -2.47. The van der Waals surface area contributed by atoms with Gasteiger partial charge in [-0.15, -0.1) is 11.8 Å². The lowest BCUT2D eigenvalue weighted by Gasteiger charge is -2.15. The number of benzene rings is 2. The molecule has 0 spiro atoms. The van der Waals surface area contributed by atoms with Gasteiger partial charge in [0.2, 0.25) is 5.91 Å². The lowest BCUT2D eigenvalue weighted by atomic mass is 10.1. The Morgan fingerprint density at radius 3 is 2.38 bits per heavy atom. The van der Waals surface area contributed by atoms with Crippen LogP contribution in [0, 0.1) is 5.82 Å². The van der Waals surface area contributed by atoms with Crippen LogP contribution in [-0.2, 0) is 17.8 Å². The second-order valence-corrected chi connectivity index (χ2v) is 11.2. The number of hydrogen-bond donors (Lipinski definition) is 1. The Morgan fingerprint density at radius 1 is 0.973 bits per heavy atom. The number of allylic oxidation sites excluding steroid dienone is 1. The number of nitrogens with one attached hydrogen (secondary N) is 1. The third-order valence-corrected chi connectivity index (χ3v) is 7.56. The number of amides is 1. The van der Waals surface area contributed by atoms with Crippen LogP contribution in [0.3, 0.4) is 0 Å². The van der Waals surface area contributed by atoms with Crippen LogP contribution in [0.2, 0.25) is 0 Å². The number of ether oxygens (including phenoxy) is 1. The Labute approximate surface area is 227 Å². The molecule has 1 N–H and O–H groups in total. The molecule has 37 heavy (non-hydrogen) atoms. The molecule has 1 aliphatic rings. The van der Waals surface area contributed by atoms with E-state index in [2.05, 4.69) is 36.3 Å². The van der Waals surface area contributed by atoms with Crippen LogP contribution in [0.1, 0.15) is 89.2 Å². The number of rotatable bonds is 17. The van der Waals surface area contributed by atoms with E-state index >= 15 is 0 Å². The first-order valence-electron chi connectivity index (χ1n) is 13.9. The maximum absolute atomic E-state index is 14.5. The minimum Gasteiger partial charge on any atom is -0.491 e. The van der Waals surface area contributed by atoms with Gasteiger partial charge in [-0.1, -0.05) is 82.9 Å². The fraction of sp³-hybridized carbons (Fsp3) is 0.516. The molecule has 0 radical (unpaired) electrons. The van der Waals surface area contributed by atoms with Gasteiger partial charge in [0.1, 0.15) is 0 Å². The molecule has 3 rings (SSSR count). The van der Waals surface area contributed by atoms with Crippen molar-refractivity contribution in [3.05, 3.63) is 70.5 Å². The quantitative estimate of drug-likeness (QED) is 0.209. The molecule has 0 unspecified atom stereocenters. The smallest absolute Gasteiger partial charge is 0.228 e. The molecule has 0 atom stereocenters. The first-order chi connectivity index (χ1) is 18.0. The number of unbranched alkanes of at least 4 members (excludes halogenated alkanes) is 9. The fourth-order valence-corrected chi connectivity index (χ4v) is 5.28. The van der Waals surface area contributed by atoms with Crippen molar-refractivity contribution in [3.63, 3.8) is 0 Å². The lowest BCUT2D eigenvalue weighted by molar-refractivity contribution is -0.115. The molecule has 0 aliphatic carbocycles. The van der Waals surface area contributed by atoms with E-state index in [-0.39, 0.29) is 18.1 Å². The number of nitrogens with zero attached hydrogens (tertiary/aromatic N) is 1. The van der Waals surface area contributed by atoms with Gasteiger partial charge in [0.05, 0.1) is 18.9 Å². The van der Waals surface area contributed by atoms with Crippen molar-refractivity contribution < 1.29 is 13.9 Å². The summed E-state index contributed by atoms with van der Waals surface area (Å²) in [5.74, 6) is 0.638. The van der Waals surface area contributed by atoms with Gasteiger partial charge in [-0.05, 0) is 53.6 Å². The average molecular weight is 527 g/mol. The highest BCUT2D eigenvalue weighted by Gasteiger charge is 2.12. The van der Waals surface area contributed by atoms with Crippen LogP contribution in [-0.4, -0.2) is 23.3 Å². The number of anilines is 1. The highest BCUT2D eigenvalue weighted by Crippen LogP contribution is 2.26. The maximum Gasteiger partial charge on any atom is 0.228 e. The van der Waals surface area contributed by atoms with Gasteiger partial charge in [-0.3, -0.25) is 4.79 Å². The number of halogens is 1. The number of carbonyl (C=O) groups excluding carboxylic acids is 1. The van der Waals surface area contributed by atoms with Gasteiger partial charge in [0, 0.05) is 18.4 Å². The largest absolute Gasteiger partial charge is 0.491 e. The van der Waals surface area contributed by atoms with E-state index in [0.29, 0.717) is 12.2 Å². The summed E-state index contributed by atoms with van der Waals surface area (Å²) in [6.07, 6.45) is 14.8. The standard InChI is InChI=1S/C31H43FN2O2S/c1-3-4-5-6-7-8-9-10-11-12-18-36-30-17-16-26(20-29(30)32)21-31(35)33-28-15-13-14-27(19-28)23-34-22-25(2)37-24-34/h13-17,19-20,22H,3-12,18,21,23-24H2,1-2H3,(H,33,35). The van der Waals surface area contributed by atoms with E-state index in [9.17, 15) is 9.18 Å². The van der Waals surface area contributed by atoms with E-state index in [1.54, 1.807) is 12.1 Å². The van der Waals surface area contributed by atoms with Gasteiger partial charge in [0.15, 0.2) is 11.6 Å². The molecular weight excluding hydrogens is 483 g/mol. The first kappa shape index (κ1) is 29.1. The van der Waals surface area contributed by atoms with E-state index in [4.69, 9.17) is 4.74 Å². The van der Waals surface area contributed by atoms with Gasteiger partial charge < -0.3 is 15.0 Å². The average Bonchev–Trinajstić information content (AvgIpc) is 3.28. The van der Waals surface area contributed by atoms with Gasteiger partial charge in [-0.2, -0.15) is 0 Å². The lowest BCUT2D eigenvalue weighted by Crippen LogP contribution is -2.16. The Kier molecular flexibility index (Phi) is 12.9. The summed E-state index contributed by atoms with van der Waals surface area (Å²) in [5, 5.41) is 2.94. The minimum absolute atomic E-state index is 0.116. The molecule has 6 heteroatoms. The van der Waals surface area contributed by atoms with E-state index in [1.165, 1.54) is 62.3 Å². The predicted molar refractivity (Wildman–Crippen MR) is 154 cm³/mol. The summed E-state index contributed by atoms with van der Waals surface area (Å²) < 4.78 is 20.2. The topological polar surface area (TPSA) is 41.6 Å². The Morgan fingerprint density at radius 2 is 1.70 bits per heavy atom. The van der Waals surface area contributed by atoms with Crippen LogP contribution in [0.25, 0.3) is 0 Å². The van der Waals surface area contributed by atoms with Crippen molar-refractivity contribution >= 4 is 23.4 Å². The SMILES string of the molecule is CCCCCCCCCCCCOc1ccc(CC(=O)Nc2cccc(CN3C=C(C)SC3)c2)cc1F. The highest BCUT2D eigenvalue weighted by atomic mass is 32.2. The molecule has 4 nitrogen and oxygen atoms in total. The van der Waals surface area contributed by atoms with Crippen molar-refractivity contribution in [2.45, 2.75) is 91.0 Å². The highest BCUT2D eigenvalue weighted by molar-refractivity contribution is 8.03. The van der Waals surface area contributed by atoms with Crippen molar-refractivity contribution in [1.29, 1.82) is 0 Å². The van der Waals surface area contributed by atoms with Crippen LogP contribution < -0.4 is 10.1 Å². The summed E-state index contributed by atoms with van der Waals surface area (Å²) in [6.45, 7) is 5.69. The first-order valence-corrected chi connectivity index (χ1v) is 14.9. The maximum atomic E-state index is 14.5.